The highest BCUT2D eigenvalue weighted by Gasteiger charge is 2.24. The van der Waals surface area contributed by atoms with Crippen LogP contribution < -0.4 is 4.74 Å². The van der Waals surface area contributed by atoms with Crippen molar-refractivity contribution in [2.24, 2.45) is 0 Å². The summed E-state index contributed by atoms with van der Waals surface area (Å²) in [4.78, 5) is 16.9. The number of ether oxygens (including phenoxy) is 1. The smallest absolute Gasteiger partial charge is 0.257 e. The second kappa shape index (κ2) is 6.46. The van der Waals surface area contributed by atoms with E-state index in [0.717, 1.165) is 38.3 Å². The normalized spacial score (nSPS) is 16.3. The molecule has 1 aromatic carbocycles. The van der Waals surface area contributed by atoms with Gasteiger partial charge in [0.05, 0.1) is 12.7 Å². The second-order valence-electron chi connectivity index (χ2n) is 5.03. The monoisotopic (exact) mass is 296 g/mol. The van der Waals surface area contributed by atoms with Gasteiger partial charge in [-0.05, 0) is 31.2 Å². The van der Waals surface area contributed by atoms with Crippen molar-refractivity contribution in [2.75, 3.05) is 39.8 Å². The van der Waals surface area contributed by atoms with Gasteiger partial charge in [0.2, 0.25) is 0 Å². The molecule has 0 saturated carbocycles. The van der Waals surface area contributed by atoms with Gasteiger partial charge in [-0.3, -0.25) is 4.79 Å². The van der Waals surface area contributed by atoms with Crippen LogP contribution in [0.5, 0.6) is 5.75 Å². The molecule has 20 heavy (non-hydrogen) atoms. The van der Waals surface area contributed by atoms with Gasteiger partial charge < -0.3 is 14.5 Å². The minimum absolute atomic E-state index is 0.00297. The molecule has 1 aromatic rings. The van der Waals surface area contributed by atoms with E-state index in [2.05, 4.69) is 11.8 Å². The Morgan fingerprint density at radius 2 is 1.95 bits per heavy atom. The van der Waals surface area contributed by atoms with E-state index in [-0.39, 0.29) is 5.91 Å². The van der Waals surface area contributed by atoms with Crippen LogP contribution in [0.4, 0.5) is 0 Å². The largest absolute Gasteiger partial charge is 0.496 e. The molecular weight excluding hydrogens is 276 g/mol. The van der Waals surface area contributed by atoms with Crippen molar-refractivity contribution in [3.63, 3.8) is 0 Å². The van der Waals surface area contributed by atoms with Crippen molar-refractivity contribution >= 4 is 17.5 Å². The molecule has 5 heteroatoms. The van der Waals surface area contributed by atoms with Crippen LogP contribution in [0.2, 0.25) is 5.02 Å². The number of amides is 1. The third-order valence-electron chi connectivity index (χ3n) is 3.78. The van der Waals surface area contributed by atoms with E-state index in [4.69, 9.17) is 16.3 Å². The van der Waals surface area contributed by atoms with Crippen molar-refractivity contribution in [1.29, 1.82) is 0 Å². The molecule has 1 aliphatic rings. The maximum Gasteiger partial charge on any atom is 0.257 e. The summed E-state index contributed by atoms with van der Waals surface area (Å²) in [6, 6.07) is 3.51. The Morgan fingerprint density at radius 3 is 2.50 bits per heavy atom. The van der Waals surface area contributed by atoms with E-state index in [9.17, 15) is 4.79 Å². The van der Waals surface area contributed by atoms with Crippen molar-refractivity contribution in [2.45, 2.75) is 13.8 Å². The molecule has 1 saturated heterocycles. The van der Waals surface area contributed by atoms with Crippen LogP contribution in [0.15, 0.2) is 12.1 Å². The Balaban J connectivity index is 2.21. The Kier molecular flexibility index (Phi) is 4.89. The van der Waals surface area contributed by atoms with Crippen LogP contribution in [0.1, 0.15) is 22.8 Å². The fourth-order valence-corrected chi connectivity index (χ4v) is 2.87. The maximum atomic E-state index is 12.6. The summed E-state index contributed by atoms with van der Waals surface area (Å²) in [5.74, 6) is 0.625. The van der Waals surface area contributed by atoms with E-state index < -0.39 is 0 Å². The van der Waals surface area contributed by atoms with Gasteiger partial charge >= 0.3 is 0 Å². The number of hydrogen-bond acceptors (Lipinski definition) is 3. The lowest BCUT2D eigenvalue weighted by Crippen LogP contribution is -2.48. The summed E-state index contributed by atoms with van der Waals surface area (Å²) in [6.07, 6.45) is 0. The highest BCUT2D eigenvalue weighted by molar-refractivity contribution is 6.31. The molecule has 0 spiro atoms. The number of halogens is 1. The predicted octanol–water partition coefficient (Wildman–Crippen LogP) is 2.43. The third-order valence-corrected chi connectivity index (χ3v) is 4.00. The summed E-state index contributed by atoms with van der Waals surface area (Å²) < 4.78 is 5.37. The number of piperazine rings is 1. The number of methoxy groups -OCH3 is 1. The average Bonchev–Trinajstić information content (AvgIpc) is 2.46. The standard InChI is InChI=1S/C15H21ClN2O2/c1-4-17-5-7-18(8-6-17)15(19)13-10-12(16)9-11(2)14(13)20-3/h9-10H,4-8H2,1-3H3. The molecule has 0 unspecified atom stereocenters. The highest BCUT2D eigenvalue weighted by Crippen LogP contribution is 2.28. The number of hydrogen-bond donors (Lipinski definition) is 0. The molecule has 1 fully saturated rings. The van der Waals surface area contributed by atoms with Gasteiger partial charge in [0, 0.05) is 31.2 Å². The number of carbonyl (C=O) groups is 1. The molecule has 0 radical (unpaired) electrons. The molecule has 0 bridgehead atoms. The van der Waals surface area contributed by atoms with Crippen molar-refractivity contribution in [3.8, 4) is 5.75 Å². The van der Waals surface area contributed by atoms with E-state index in [0.29, 0.717) is 16.3 Å². The Morgan fingerprint density at radius 1 is 1.30 bits per heavy atom. The number of benzene rings is 1. The Hall–Kier alpha value is -1.26. The lowest BCUT2D eigenvalue weighted by molar-refractivity contribution is 0.0640. The quantitative estimate of drug-likeness (QED) is 0.859. The van der Waals surface area contributed by atoms with Crippen LogP contribution in [-0.4, -0.2) is 55.5 Å². The summed E-state index contributed by atoms with van der Waals surface area (Å²) in [5, 5.41) is 0.568. The fourth-order valence-electron chi connectivity index (χ4n) is 2.60. The molecule has 0 atom stereocenters. The highest BCUT2D eigenvalue weighted by atomic mass is 35.5. The SMILES string of the molecule is CCN1CCN(C(=O)c2cc(Cl)cc(C)c2OC)CC1. The molecule has 1 amide bonds. The van der Waals surface area contributed by atoms with Gasteiger partial charge in [0.15, 0.2) is 0 Å². The summed E-state index contributed by atoms with van der Waals surface area (Å²) in [6.45, 7) is 8.41. The zero-order chi connectivity index (χ0) is 14.7. The van der Waals surface area contributed by atoms with Crippen LogP contribution >= 0.6 is 11.6 Å². The van der Waals surface area contributed by atoms with Crippen LogP contribution in [0, 0.1) is 6.92 Å². The molecule has 1 heterocycles. The molecule has 0 aromatic heterocycles. The first-order valence-corrected chi connectivity index (χ1v) is 7.30. The molecule has 0 N–H and O–H groups in total. The Labute approximate surface area is 125 Å². The van der Waals surface area contributed by atoms with E-state index in [1.165, 1.54) is 0 Å². The molecular formula is C15H21ClN2O2. The lowest BCUT2D eigenvalue weighted by atomic mass is 10.1. The third kappa shape index (κ3) is 3.07. The number of likely N-dealkylation sites (N-methyl/N-ethyl adjacent to an activating group) is 1. The average molecular weight is 297 g/mol. The predicted molar refractivity (Wildman–Crippen MR) is 80.8 cm³/mol. The number of carbonyl (C=O) groups excluding carboxylic acids is 1. The number of nitrogens with zero attached hydrogens (tertiary/aromatic N) is 2. The minimum Gasteiger partial charge on any atom is -0.496 e. The summed E-state index contributed by atoms with van der Waals surface area (Å²) in [7, 11) is 1.59. The van der Waals surface area contributed by atoms with Gasteiger partial charge in [-0.2, -0.15) is 0 Å². The molecule has 4 nitrogen and oxygen atoms in total. The molecule has 1 aliphatic heterocycles. The Bertz CT molecular complexity index is 497. The van der Waals surface area contributed by atoms with Crippen LogP contribution in [0.3, 0.4) is 0 Å². The van der Waals surface area contributed by atoms with Crippen LogP contribution in [-0.2, 0) is 0 Å². The summed E-state index contributed by atoms with van der Waals surface area (Å²) in [5.41, 5.74) is 1.44. The van der Waals surface area contributed by atoms with E-state index >= 15 is 0 Å². The van der Waals surface area contributed by atoms with Gasteiger partial charge in [0.1, 0.15) is 5.75 Å². The molecule has 2 rings (SSSR count). The maximum absolute atomic E-state index is 12.6. The minimum atomic E-state index is 0.00297. The van der Waals surface area contributed by atoms with Gasteiger partial charge in [-0.25, -0.2) is 0 Å². The van der Waals surface area contributed by atoms with Gasteiger partial charge in [0.25, 0.3) is 5.91 Å². The first-order valence-electron chi connectivity index (χ1n) is 6.92. The fraction of sp³-hybridized carbons (Fsp3) is 0.533. The number of rotatable bonds is 3. The lowest BCUT2D eigenvalue weighted by Gasteiger charge is -2.34. The first-order chi connectivity index (χ1) is 9.56. The zero-order valence-corrected chi connectivity index (χ0v) is 13.0. The van der Waals surface area contributed by atoms with E-state index in [1.807, 2.05) is 17.9 Å². The number of aryl methyl sites for hydroxylation is 1. The van der Waals surface area contributed by atoms with E-state index in [1.54, 1.807) is 13.2 Å². The zero-order valence-electron chi connectivity index (χ0n) is 12.3. The topological polar surface area (TPSA) is 32.8 Å². The van der Waals surface area contributed by atoms with Gasteiger partial charge in [-0.15, -0.1) is 0 Å². The van der Waals surface area contributed by atoms with Crippen molar-refractivity contribution in [1.82, 2.24) is 9.80 Å². The summed E-state index contributed by atoms with van der Waals surface area (Å²) >= 11 is 6.07. The van der Waals surface area contributed by atoms with Crippen molar-refractivity contribution in [3.05, 3.63) is 28.3 Å². The molecule has 0 aliphatic carbocycles. The van der Waals surface area contributed by atoms with Crippen molar-refractivity contribution < 1.29 is 9.53 Å². The molecule has 110 valence electrons. The first kappa shape index (κ1) is 15.1. The van der Waals surface area contributed by atoms with Crippen LogP contribution in [0.25, 0.3) is 0 Å². The second-order valence-corrected chi connectivity index (χ2v) is 5.47. The van der Waals surface area contributed by atoms with Gasteiger partial charge in [-0.1, -0.05) is 18.5 Å².